The number of sulfonamides is 1. The average molecular weight is 475 g/mol. The van der Waals surface area contributed by atoms with Crippen LogP contribution >= 0.6 is 0 Å². The number of anilines is 1. The first-order chi connectivity index (χ1) is 16.6. The second-order valence-corrected chi connectivity index (χ2v) is 9.55. The molecule has 1 fully saturated rings. The molecule has 0 N–H and O–H groups in total. The molecule has 1 aliphatic heterocycles. The van der Waals surface area contributed by atoms with Crippen LogP contribution in [0.25, 0.3) is 0 Å². The van der Waals surface area contributed by atoms with E-state index in [1.54, 1.807) is 36.9 Å². The van der Waals surface area contributed by atoms with Gasteiger partial charge in [-0.3, -0.25) is 0 Å². The lowest BCUT2D eigenvalue weighted by Gasteiger charge is -2.34. The van der Waals surface area contributed by atoms with E-state index in [0.29, 0.717) is 38.3 Å². The summed E-state index contributed by atoms with van der Waals surface area (Å²) in [5.74, 6) is 7.67. The quantitative estimate of drug-likeness (QED) is 0.384. The van der Waals surface area contributed by atoms with E-state index in [9.17, 15) is 8.42 Å². The molecule has 3 aromatic rings. The van der Waals surface area contributed by atoms with Crippen molar-refractivity contribution in [2.24, 2.45) is 0 Å². The molecule has 1 saturated heterocycles. The van der Waals surface area contributed by atoms with Gasteiger partial charge in [0.25, 0.3) is 0 Å². The van der Waals surface area contributed by atoms with E-state index in [0.717, 1.165) is 30.0 Å². The van der Waals surface area contributed by atoms with Crippen molar-refractivity contribution in [3.63, 3.8) is 0 Å². The fourth-order valence-electron chi connectivity index (χ4n) is 3.50. The summed E-state index contributed by atoms with van der Waals surface area (Å²) in [4.78, 5) is 19.1. The van der Waals surface area contributed by atoms with E-state index in [1.165, 1.54) is 9.71 Å². The predicted molar refractivity (Wildman–Crippen MR) is 131 cm³/mol. The highest BCUT2D eigenvalue weighted by Gasteiger charge is 2.25. The molecule has 0 atom stereocenters. The number of hydrogen-bond acceptors (Lipinski definition) is 7. The third-order valence-corrected chi connectivity index (χ3v) is 6.95. The Hall–Kier alpha value is -3.61. The molecule has 0 aromatic carbocycles. The average Bonchev–Trinajstić information content (AvgIpc) is 2.89. The molecule has 0 bridgehead atoms. The minimum absolute atomic E-state index is 0.424. The van der Waals surface area contributed by atoms with Crippen LogP contribution in [0.15, 0.2) is 72.7 Å². The molecular formula is C25H26N6O2S. The summed E-state index contributed by atoms with van der Waals surface area (Å²) in [6, 6.07) is 11.2. The van der Waals surface area contributed by atoms with Crippen molar-refractivity contribution in [3.05, 3.63) is 89.8 Å². The van der Waals surface area contributed by atoms with Crippen LogP contribution in [-0.2, 0) is 16.4 Å². The fraction of sp³-hybridized carbons (Fsp3) is 0.280. The molecule has 34 heavy (non-hydrogen) atoms. The Morgan fingerprint density at radius 3 is 2.38 bits per heavy atom. The van der Waals surface area contributed by atoms with Crippen LogP contribution in [0.2, 0.25) is 0 Å². The van der Waals surface area contributed by atoms with Gasteiger partial charge in [0.05, 0.1) is 0 Å². The first-order valence-electron chi connectivity index (χ1n) is 11.2. The van der Waals surface area contributed by atoms with Crippen molar-refractivity contribution >= 4 is 15.8 Å². The lowest BCUT2D eigenvalue weighted by Crippen LogP contribution is -2.48. The van der Waals surface area contributed by atoms with Gasteiger partial charge in [-0.05, 0) is 49.1 Å². The van der Waals surface area contributed by atoms with Gasteiger partial charge in [0, 0.05) is 68.4 Å². The molecule has 0 aliphatic carbocycles. The van der Waals surface area contributed by atoms with E-state index >= 15 is 0 Å². The van der Waals surface area contributed by atoms with E-state index in [4.69, 9.17) is 0 Å². The maximum Gasteiger partial charge on any atom is 0.236 e. The maximum absolute atomic E-state index is 12.7. The van der Waals surface area contributed by atoms with Crippen molar-refractivity contribution in [2.75, 3.05) is 31.1 Å². The zero-order chi connectivity index (χ0) is 23.6. The zero-order valence-electron chi connectivity index (χ0n) is 18.8. The second-order valence-electron chi connectivity index (χ2n) is 7.73. The highest BCUT2D eigenvalue weighted by Crippen LogP contribution is 2.16. The Labute approximate surface area is 200 Å². The van der Waals surface area contributed by atoms with Crippen LogP contribution in [0.5, 0.6) is 0 Å². The molecule has 3 aromatic heterocycles. The van der Waals surface area contributed by atoms with Crippen molar-refractivity contribution in [1.82, 2.24) is 24.2 Å². The van der Waals surface area contributed by atoms with Crippen LogP contribution in [0.1, 0.15) is 29.9 Å². The zero-order valence-corrected chi connectivity index (χ0v) is 19.6. The van der Waals surface area contributed by atoms with Gasteiger partial charge in [0.2, 0.25) is 10.0 Å². The molecule has 0 radical (unpaired) electrons. The number of aromatic nitrogens is 4. The summed E-state index contributed by atoms with van der Waals surface area (Å²) < 4.78 is 26.8. The number of rotatable bonds is 7. The van der Waals surface area contributed by atoms with Gasteiger partial charge in [-0.25, -0.2) is 28.4 Å². The minimum Gasteiger partial charge on any atom is -0.354 e. The molecule has 1 aliphatic rings. The summed E-state index contributed by atoms with van der Waals surface area (Å²) in [6.45, 7) is 2.02. The lowest BCUT2D eigenvalue weighted by molar-refractivity contribution is 0.388. The van der Waals surface area contributed by atoms with Crippen molar-refractivity contribution in [3.8, 4) is 11.8 Å². The van der Waals surface area contributed by atoms with Crippen molar-refractivity contribution < 1.29 is 8.42 Å². The molecule has 0 saturated carbocycles. The molecule has 4 rings (SSSR count). The van der Waals surface area contributed by atoms with Crippen LogP contribution in [0, 0.1) is 11.8 Å². The second kappa shape index (κ2) is 11.5. The van der Waals surface area contributed by atoms with E-state index in [-0.39, 0.29) is 0 Å². The van der Waals surface area contributed by atoms with E-state index < -0.39 is 10.0 Å². The van der Waals surface area contributed by atoms with Crippen LogP contribution in [0.3, 0.4) is 0 Å². The summed E-state index contributed by atoms with van der Waals surface area (Å²) in [7, 11) is -3.42. The first kappa shape index (κ1) is 23.5. The summed E-state index contributed by atoms with van der Waals surface area (Å²) in [5, 5.41) is 1.32. The third kappa shape index (κ3) is 6.70. The Morgan fingerprint density at radius 2 is 1.68 bits per heavy atom. The topological polar surface area (TPSA) is 92.2 Å². The third-order valence-electron chi connectivity index (χ3n) is 5.33. The highest BCUT2D eigenvalue weighted by atomic mass is 32.2. The molecule has 4 heterocycles. The minimum atomic E-state index is -3.42. The van der Waals surface area contributed by atoms with Gasteiger partial charge >= 0.3 is 0 Å². The molecular weight excluding hydrogens is 448 g/mol. The number of aryl methyl sites for hydroxylation is 1. The van der Waals surface area contributed by atoms with Gasteiger partial charge in [0.1, 0.15) is 17.3 Å². The van der Waals surface area contributed by atoms with Gasteiger partial charge in [-0.1, -0.05) is 18.1 Å². The number of allylic oxidation sites excluding steroid dienone is 1. The standard InChI is InChI=1S/C25H26N6O2S/c32-34(33,20-5-1-2-8-24-27-14-6-15-28-24)31-18-16-30(17-19-31)25-12-10-22(21-29-25)9-11-23-7-3-4-13-26-23/h3-7,10,12-15,20-21H,1-2,8,16-19H2. The van der Waals surface area contributed by atoms with Crippen molar-refractivity contribution in [1.29, 1.82) is 0 Å². The van der Waals surface area contributed by atoms with Crippen molar-refractivity contribution in [2.45, 2.75) is 19.3 Å². The maximum atomic E-state index is 12.7. The SMILES string of the molecule is O=S(=O)(C=CCCCc1ncccn1)N1CCN(c2ccc(C#Cc3ccccn3)cn2)CC1. The lowest BCUT2D eigenvalue weighted by atomic mass is 10.2. The Kier molecular flexibility index (Phi) is 7.96. The smallest absolute Gasteiger partial charge is 0.236 e. The Bertz CT molecular complexity index is 1250. The van der Waals surface area contributed by atoms with Gasteiger partial charge < -0.3 is 4.90 Å². The fourth-order valence-corrected chi connectivity index (χ4v) is 4.73. The van der Waals surface area contributed by atoms with Crippen LogP contribution in [-0.4, -0.2) is 58.8 Å². The monoisotopic (exact) mass is 474 g/mol. The largest absolute Gasteiger partial charge is 0.354 e. The number of pyridine rings is 2. The highest BCUT2D eigenvalue weighted by molar-refractivity contribution is 7.92. The molecule has 0 spiro atoms. The van der Waals surface area contributed by atoms with E-state index in [2.05, 4.69) is 36.7 Å². The summed E-state index contributed by atoms with van der Waals surface area (Å²) >= 11 is 0. The summed E-state index contributed by atoms with van der Waals surface area (Å²) in [6.07, 6.45) is 10.8. The molecule has 8 nitrogen and oxygen atoms in total. The predicted octanol–water partition coefficient (Wildman–Crippen LogP) is 2.65. The van der Waals surface area contributed by atoms with Gasteiger partial charge in [-0.15, -0.1) is 0 Å². The molecule has 9 heteroatoms. The number of unbranched alkanes of at least 4 members (excludes halogenated alkanes) is 1. The molecule has 174 valence electrons. The van der Waals surface area contributed by atoms with E-state index in [1.807, 2.05) is 30.3 Å². The normalized spacial score (nSPS) is 14.6. The summed E-state index contributed by atoms with van der Waals surface area (Å²) in [5.41, 5.74) is 1.52. The number of piperazine rings is 1. The van der Waals surface area contributed by atoms with Gasteiger partial charge in [-0.2, -0.15) is 4.31 Å². The van der Waals surface area contributed by atoms with Crippen LogP contribution in [0.4, 0.5) is 5.82 Å². The van der Waals surface area contributed by atoms with Crippen LogP contribution < -0.4 is 4.90 Å². The number of hydrogen-bond donors (Lipinski definition) is 0. The molecule has 0 amide bonds. The first-order valence-corrected chi connectivity index (χ1v) is 12.7. The Balaban J connectivity index is 1.25. The van der Waals surface area contributed by atoms with Gasteiger partial charge in [0.15, 0.2) is 0 Å². The number of nitrogens with zero attached hydrogens (tertiary/aromatic N) is 6. The Morgan fingerprint density at radius 1 is 0.882 bits per heavy atom. The molecule has 0 unspecified atom stereocenters.